The first kappa shape index (κ1) is 11.3. The summed E-state index contributed by atoms with van der Waals surface area (Å²) in [6, 6.07) is 6.52. The molecule has 17 heavy (non-hydrogen) atoms. The molecule has 1 aromatic carbocycles. The van der Waals surface area contributed by atoms with Crippen molar-refractivity contribution in [3.63, 3.8) is 0 Å². The van der Waals surface area contributed by atoms with Crippen LogP contribution in [-0.2, 0) is 19.1 Å². The summed E-state index contributed by atoms with van der Waals surface area (Å²) in [7, 11) is 2.26. The van der Waals surface area contributed by atoms with Crippen molar-refractivity contribution in [1.29, 1.82) is 0 Å². The molecule has 0 unspecified atom stereocenters. The van der Waals surface area contributed by atoms with E-state index in [2.05, 4.69) is 9.47 Å². The van der Waals surface area contributed by atoms with Crippen LogP contribution < -0.4 is 9.47 Å². The molecule has 0 fully saturated rings. The predicted octanol–water partition coefficient (Wildman–Crippen LogP) is 0.500. The van der Waals surface area contributed by atoms with E-state index in [1.54, 1.807) is 24.3 Å². The predicted molar refractivity (Wildman–Crippen MR) is 54.5 cm³/mol. The van der Waals surface area contributed by atoms with Crippen LogP contribution in [-0.4, -0.2) is 31.9 Å². The molecule has 0 N–H and O–H groups in total. The van der Waals surface area contributed by atoms with E-state index in [4.69, 9.17) is 9.47 Å². The lowest BCUT2D eigenvalue weighted by atomic mass is 10.3. The molecule has 0 aromatic heterocycles. The molecular formula is C11H10O6. The Balaban J connectivity index is 2.41. The van der Waals surface area contributed by atoms with Crippen molar-refractivity contribution >= 4 is 11.9 Å². The van der Waals surface area contributed by atoms with Crippen molar-refractivity contribution in [3.8, 4) is 11.5 Å². The highest BCUT2D eigenvalue weighted by atomic mass is 16.8. The lowest BCUT2D eigenvalue weighted by Gasteiger charge is -2.21. The molecule has 0 saturated carbocycles. The summed E-state index contributed by atoms with van der Waals surface area (Å²) in [5.74, 6) is -3.58. The molecule has 0 atom stereocenters. The molecule has 1 heterocycles. The van der Waals surface area contributed by atoms with Crippen LogP contribution in [0, 0.1) is 0 Å². The van der Waals surface area contributed by atoms with Gasteiger partial charge in [0.2, 0.25) is 0 Å². The number of para-hydroxylation sites is 2. The van der Waals surface area contributed by atoms with E-state index in [0.717, 1.165) is 14.2 Å². The summed E-state index contributed by atoms with van der Waals surface area (Å²) in [5.41, 5.74) is 0. The molecule has 2 rings (SSSR count). The van der Waals surface area contributed by atoms with Crippen LogP contribution in [0.4, 0.5) is 0 Å². The normalized spacial score (nSPS) is 15.2. The summed E-state index contributed by atoms with van der Waals surface area (Å²) in [5, 5.41) is 0. The number of ether oxygens (including phenoxy) is 4. The van der Waals surface area contributed by atoms with Gasteiger partial charge in [-0.3, -0.25) is 0 Å². The van der Waals surface area contributed by atoms with Gasteiger partial charge in [0.15, 0.2) is 11.5 Å². The van der Waals surface area contributed by atoms with Gasteiger partial charge in [-0.2, -0.15) is 0 Å². The van der Waals surface area contributed by atoms with Crippen molar-refractivity contribution < 1.29 is 28.5 Å². The average Bonchev–Trinajstić information content (AvgIpc) is 2.77. The maximum absolute atomic E-state index is 11.6. The molecule has 0 saturated heterocycles. The molecule has 0 spiro atoms. The standard InChI is InChI=1S/C11H10O6/c1-14-9(12)11(10(13)15-2)16-7-5-3-4-6-8(7)17-11/h3-6H,1-2H3. The highest BCUT2D eigenvalue weighted by Gasteiger charge is 2.59. The summed E-state index contributed by atoms with van der Waals surface area (Å²) in [4.78, 5) is 23.3. The van der Waals surface area contributed by atoms with E-state index in [1.807, 2.05) is 0 Å². The fourth-order valence-electron chi connectivity index (χ4n) is 1.47. The Kier molecular flexibility index (Phi) is 2.63. The minimum absolute atomic E-state index is 0.281. The van der Waals surface area contributed by atoms with Gasteiger partial charge in [0.25, 0.3) is 0 Å². The van der Waals surface area contributed by atoms with E-state index in [9.17, 15) is 9.59 Å². The van der Waals surface area contributed by atoms with Crippen LogP contribution in [0.25, 0.3) is 0 Å². The van der Waals surface area contributed by atoms with E-state index in [1.165, 1.54) is 0 Å². The number of carbonyl (C=O) groups excluding carboxylic acids is 2. The first-order chi connectivity index (χ1) is 8.14. The highest BCUT2D eigenvalue weighted by Crippen LogP contribution is 2.40. The second kappa shape index (κ2) is 3.97. The molecule has 1 aromatic rings. The average molecular weight is 238 g/mol. The van der Waals surface area contributed by atoms with Gasteiger partial charge in [-0.15, -0.1) is 0 Å². The molecular weight excluding hydrogens is 228 g/mol. The van der Waals surface area contributed by atoms with Crippen molar-refractivity contribution in [2.24, 2.45) is 0 Å². The van der Waals surface area contributed by atoms with Gasteiger partial charge in [0.05, 0.1) is 14.2 Å². The smallest absolute Gasteiger partial charge is 0.453 e. The number of hydrogen-bond acceptors (Lipinski definition) is 6. The van der Waals surface area contributed by atoms with Gasteiger partial charge < -0.3 is 18.9 Å². The third-order valence-corrected chi connectivity index (χ3v) is 2.26. The van der Waals surface area contributed by atoms with E-state index in [0.29, 0.717) is 0 Å². The van der Waals surface area contributed by atoms with Crippen molar-refractivity contribution in [3.05, 3.63) is 24.3 Å². The molecule has 6 nitrogen and oxygen atoms in total. The molecule has 90 valence electrons. The minimum Gasteiger partial charge on any atom is -0.463 e. The lowest BCUT2D eigenvalue weighted by Crippen LogP contribution is -2.55. The minimum atomic E-state index is -2.20. The topological polar surface area (TPSA) is 71.1 Å². The number of esters is 2. The number of methoxy groups -OCH3 is 2. The SMILES string of the molecule is COC(=O)C1(C(=O)OC)Oc2ccccc2O1. The van der Waals surface area contributed by atoms with Gasteiger partial charge in [0, 0.05) is 0 Å². The molecule has 0 aliphatic carbocycles. The Bertz CT molecular complexity index is 424. The molecule has 1 aliphatic heterocycles. The number of hydrogen-bond donors (Lipinski definition) is 0. The Labute approximate surface area is 97.0 Å². The molecule has 0 amide bonds. The Morgan fingerprint density at radius 3 is 1.76 bits per heavy atom. The zero-order valence-corrected chi connectivity index (χ0v) is 9.26. The van der Waals surface area contributed by atoms with Crippen molar-refractivity contribution in [1.82, 2.24) is 0 Å². The van der Waals surface area contributed by atoms with Crippen molar-refractivity contribution in [2.75, 3.05) is 14.2 Å². The van der Waals surface area contributed by atoms with Gasteiger partial charge >= 0.3 is 17.7 Å². The van der Waals surface area contributed by atoms with Crippen molar-refractivity contribution in [2.45, 2.75) is 5.79 Å². The Hall–Kier alpha value is -2.24. The molecule has 0 radical (unpaired) electrons. The van der Waals surface area contributed by atoms with Crippen LogP contribution in [0.15, 0.2) is 24.3 Å². The summed E-state index contributed by atoms with van der Waals surface area (Å²) < 4.78 is 19.5. The first-order valence-electron chi connectivity index (χ1n) is 4.78. The van der Waals surface area contributed by atoms with E-state index < -0.39 is 17.7 Å². The van der Waals surface area contributed by atoms with E-state index >= 15 is 0 Å². The zero-order chi connectivity index (χ0) is 12.5. The summed E-state index contributed by atoms with van der Waals surface area (Å²) in [6.07, 6.45) is 0. The van der Waals surface area contributed by atoms with E-state index in [-0.39, 0.29) is 11.5 Å². The fraction of sp³-hybridized carbons (Fsp3) is 0.273. The van der Waals surface area contributed by atoms with Crippen LogP contribution >= 0.6 is 0 Å². The maximum Gasteiger partial charge on any atom is 0.453 e. The lowest BCUT2D eigenvalue weighted by molar-refractivity contribution is -0.199. The second-order valence-electron chi connectivity index (χ2n) is 3.25. The second-order valence-corrected chi connectivity index (χ2v) is 3.25. The molecule has 1 aliphatic rings. The number of rotatable bonds is 2. The zero-order valence-electron chi connectivity index (χ0n) is 9.26. The summed E-state index contributed by atoms with van der Waals surface area (Å²) in [6.45, 7) is 0. The number of benzene rings is 1. The van der Waals surface area contributed by atoms with Gasteiger partial charge in [-0.25, -0.2) is 9.59 Å². The third kappa shape index (κ3) is 1.57. The fourth-order valence-corrected chi connectivity index (χ4v) is 1.47. The molecule has 0 bridgehead atoms. The van der Waals surface area contributed by atoms with Crippen LogP contribution in [0.1, 0.15) is 0 Å². The Morgan fingerprint density at radius 1 is 1.00 bits per heavy atom. The third-order valence-electron chi connectivity index (χ3n) is 2.26. The summed E-state index contributed by atoms with van der Waals surface area (Å²) >= 11 is 0. The quantitative estimate of drug-likeness (QED) is 0.552. The first-order valence-corrected chi connectivity index (χ1v) is 4.78. The largest absolute Gasteiger partial charge is 0.463 e. The van der Waals surface area contributed by atoms with Gasteiger partial charge in [-0.1, -0.05) is 12.1 Å². The number of carbonyl (C=O) groups is 2. The number of fused-ring (bicyclic) bond motifs is 1. The monoisotopic (exact) mass is 238 g/mol. The maximum atomic E-state index is 11.6. The van der Waals surface area contributed by atoms with Crippen LogP contribution in [0.5, 0.6) is 11.5 Å². The highest BCUT2D eigenvalue weighted by molar-refractivity contribution is 6.03. The molecule has 6 heteroatoms. The van der Waals surface area contributed by atoms with Crippen LogP contribution in [0.3, 0.4) is 0 Å². The van der Waals surface area contributed by atoms with Crippen LogP contribution in [0.2, 0.25) is 0 Å². The van der Waals surface area contributed by atoms with Gasteiger partial charge in [0.1, 0.15) is 0 Å². The Morgan fingerprint density at radius 2 is 1.41 bits per heavy atom. The van der Waals surface area contributed by atoms with Gasteiger partial charge in [-0.05, 0) is 12.1 Å².